The smallest absolute Gasteiger partial charge is 0.220 e. The second-order valence-corrected chi connectivity index (χ2v) is 5.88. The lowest BCUT2D eigenvalue weighted by Crippen LogP contribution is -2.38. The Morgan fingerprint density at radius 3 is 3.14 bits per heavy atom. The van der Waals surface area contributed by atoms with Gasteiger partial charge in [-0.25, -0.2) is 4.39 Å². The van der Waals surface area contributed by atoms with Crippen molar-refractivity contribution in [2.45, 2.75) is 51.5 Å². The highest BCUT2D eigenvalue weighted by atomic mass is 19.1. The molecule has 0 saturated carbocycles. The van der Waals surface area contributed by atoms with E-state index in [1.165, 1.54) is 17.3 Å². The van der Waals surface area contributed by atoms with E-state index in [1.807, 2.05) is 6.07 Å². The van der Waals surface area contributed by atoms with Crippen LogP contribution in [0.15, 0.2) is 18.2 Å². The van der Waals surface area contributed by atoms with E-state index in [-0.39, 0.29) is 17.8 Å². The summed E-state index contributed by atoms with van der Waals surface area (Å²) in [6.45, 7) is 2.09. The second kappa shape index (κ2) is 5.88. The van der Waals surface area contributed by atoms with Crippen LogP contribution in [-0.4, -0.2) is 16.9 Å². The molecule has 3 rings (SSSR count). The van der Waals surface area contributed by atoms with Gasteiger partial charge in [0, 0.05) is 29.1 Å². The van der Waals surface area contributed by atoms with Crippen molar-refractivity contribution in [3.05, 3.63) is 35.3 Å². The van der Waals surface area contributed by atoms with Gasteiger partial charge in [0.25, 0.3) is 0 Å². The molecule has 1 aromatic carbocycles. The van der Waals surface area contributed by atoms with Gasteiger partial charge in [-0.15, -0.1) is 0 Å². The molecule has 1 heterocycles. The maximum absolute atomic E-state index is 13.3. The zero-order valence-corrected chi connectivity index (χ0v) is 12.3. The summed E-state index contributed by atoms with van der Waals surface area (Å²) in [4.78, 5) is 15.2. The third-order valence-corrected chi connectivity index (χ3v) is 4.27. The molecule has 1 amide bonds. The maximum atomic E-state index is 13.3. The van der Waals surface area contributed by atoms with E-state index in [0.29, 0.717) is 6.42 Å². The quantitative estimate of drug-likeness (QED) is 0.889. The molecule has 0 bridgehead atoms. The minimum Gasteiger partial charge on any atom is -0.358 e. The third-order valence-electron chi connectivity index (χ3n) is 4.27. The number of carbonyl (C=O) groups is 1. The molecule has 4 heteroatoms. The molecule has 0 fully saturated rings. The highest BCUT2D eigenvalue weighted by Gasteiger charge is 2.23. The number of nitrogens with one attached hydrogen (secondary N) is 2. The number of aromatic amines is 1. The molecule has 3 nitrogen and oxygen atoms in total. The van der Waals surface area contributed by atoms with Gasteiger partial charge in [0.2, 0.25) is 5.91 Å². The van der Waals surface area contributed by atoms with Crippen molar-refractivity contribution < 1.29 is 9.18 Å². The predicted octanol–water partition coefficient (Wildman–Crippen LogP) is 3.47. The fourth-order valence-electron chi connectivity index (χ4n) is 3.16. The number of hydrogen-bond donors (Lipinski definition) is 2. The maximum Gasteiger partial charge on any atom is 0.220 e. The summed E-state index contributed by atoms with van der Waals surface area (Å²) in [7, 11) is 0. The van der Waals surface area contributed by atoms with Crippen LogP contribution in [0.4, 0.5) is 4.39 Å². The largest absolute Gasteiger partial charge is 0.358 e. The molecule has 0 saturated heterocycles. The number of aryl methyl sites for hydroxylation is 1. The second-order valence-electron chi connectivity index (χ2n) is 5.88. The molecular formula is C17H21FN2O. The van der Waals surface area contributed by atoms with E-state index < -0.39 is 0 Å². The average Bonchev–Trinajstić information content (AvgIpc) is 2.82. The summed E-state index contributed by atoms with van der Waals surface area (Å²) in [5, 5.41) is 4.22. The van der Waals surface area contributed by atoms with Crippen LogP contribution in [0.5, 0.6) is 0 Å². The average molecular weight is 288 g/mol. The van der Waals surface area contributed by atoms with Gasteiger partial charge >= 0.3 is 0 Å². The number of H-pyrrole nitrogens is 1. The Hall–Kier alpha value is -1.84. The molecular weight excluding hydrogens is 267 g/mol. The van der Waals surface area contributed by atoms with E-state index in [0.717, 1.165) is 43.0 Å². The standard InChI is InChI=1S/C17H21FN2O/c1-2-3-4-17(21)19-12-6-8-15-14(10-12)13-7-5-11(18)9-16(13)20-15/h5,7,9,12,20H,2-4,6,8,10H2,1H3,(H,19,21). The number of halogens is 1. The van der Waals surface area contributed by atoms with Crippen molar-refractivity contribution in [1.29, 1.82) is 0 Å². The topological polar surface area (TPSA) is 44.9 Å². The van der Waals surface area contributed by atoms with Gasteiger partial charge in [-0.05, 0) is 49.4 Å². The molecule has 0 spiro atoms. The Balaban J connectivity index is 1.75. The summed E-state index contributed by atoms with van der Waals surface area (Å²) >= 11 is 0. The minimum atomic E-state index is -0.217. The van der Waals surface area contributed by atoms with E-state index >= 15 is 0 Å². The van der Waals surface area contributed by atoms with Gasteiger partial charge in [0.05, 0.1) is 0 Å². The SMILES string of the molecule is CCCCC(=O)NC1CCc2[nH]c3cc(F)ccc3c2C1. The molecule has 2 aromatic rings. The molecule has 1 atom stereocenters. The van der Waals surface area contributed by atoms with Gasteiger partial charge in [0.15, 0.2) is 0 Å². The fraction of sp³-hybridized carbons (Fsp3) is 0.471. The zero-order valence-electron chi connectivity index (χ0n) is 12.3. The first-order valence-corrected chi connectivity index (χ1v) is 7.75. The number of rotatable bonds is 4. The summed E-state index contributed by atoms with van der Waals surface area (Å²) in [6, 6.07) is 5.08. The molecule has 0 aliphatic heterocycles. The Kier molecular flexibility index (Phi) is 3.95. The van der Waals surface area contributed by atoms with Crippen LogP contribution in [0, 0.1) is 5.82 Å². The Labute approximate surface area is 123 Å². The van der Waals surface area contributed by atoms with E-state index in [2.05, 4.69) is 17.2 Å². The molecule has 0 radical (unpaired) electrons. The van der Waals surface area contributed by atoms with Crippen molar-refractivity contribution in [1.82, 2.24) is 10.3 Å². The predicted molar refractivity (Wildman–Crippen MR) is 81.7 cm³/mol. The summed E-state index contributed by atoms with van der Waals surface area (Å²) in [5.41, 5.74) is 3.28. The normalized spacial score (nSPS) is 17.7. The van der Waals surface area contributed by atoms with Gasteiger partial charge in [-0.1, -0.05) is 13.3 Å². The Bertz CT molecular complexity index is 662. The van der Waals surface area contributed by atoms with Crippen LogP contribution in [0.25, 0.3) is 10.9 Å². The molecule has 1 aliphatic carbocycles. The van der Waals surface area contributed by atoms with Gasteiger partial charge < -0.3 is 10.3 Å². The molecule has 21 heavy (non-hydrogen) atoms. The van der Waals surface area contributed by atoms with Gasteiger partial charge in [-0.2, -0.15) is 0 Å². The molecule has 1 aliphatic rings. The first-order valence-electron chi connectivity index (χ1n) is 7.75. The Morgan fingerprint density at radius 1 is 1.48 bits per heavy atom. The first-order chi connectivity index (χ1) is 10.2. The van der Waals surface area contributed by atoms with Crippen LogP contribution >= 0.6 is 0 Å². The van der Waals surface area contributed by atoms with Crippen LogP contribution in [0.1, 0.15) is 43.9 Å². The molecule has 1 aromatic heterocycles. The van der Waals surface area contributed by atoms with Crippen molar-refractivity contribution in [3.63, 3.8) is 0 Å². The van der Waals surface area contributed by atoms with Crippen molar-refractivity contribution in [3.8, 4) is 0 Å². The number of unbranched alkanes of at least 4 members (excludes halogenated alkanes) is 1. The highest BCUT2D eigenvalue weighted by Crippen LogP contribution is 2.29. The summed E-state index contributed by atoms with van der Waals surface area (Å²) < 4.78 is 13.3. The van der Waals surface area contributed by atoms with Gasteiger partial charge in [0.1, 0.15) is 5.82 Å². The Morgan fingerprint density at radius 2 is 2.33 bits per heavy atom. The zero-order chi connectivity index (χ0) is 14.8. The number of aromatic nitrogens is 1. The van der Waals surface area contributed by atoms with Crippen molar-refractivity contribution in [2.75, 3.05) is 0 Å². The minimum absolute atomic E-state index is 0.149. The van der Waals surface area contributed by atoms with Crippen LogP contribution in [0.3, 0.4) is 0 Å². The van der Waals surface area contributed by atoms with Gasteiger partial charge in [-0.3, -0.25) is 4.79 Å². The molecule has 2 N–H and O–H groups in total. The lowest BCUT2D eigenvalue weighted by atomic mass is 9.91. The number of fused-ring (bicyclic) bond motifs is 3. The van der Waals surface area contributed by atoms with E-state index in [9.17, 15) is 9.18 Å². The number of benzene rings is 1. The van der Waals surface area contributed by atoms with Crippen molar-refractivity contribution >= 4 is 16.8 Å². The van der Waals surface area contributed by atoms with Crippen LogP contribution < -0.4 is 5.32 Å². The van der Waals surface area contributed by atoms with Crippen LogP contribution in [0.2, 0.25) is 0 Å². The number of amides is 1. The summed E-state index contributed by atoms with van der Waals surface area (Å²) in [6.07, 6.45) is 5.27. The first kappa shape index (κ1) is 14.1. The molecule has 112 valence electrons. The van der Waals surface area contributed by atoms with E-state index in [1.54, 1.807) is 6.07 Å². The lowest BCUT2D eigenvalue weighted by Gasteiger charge is -2.23. The number of hydrogen-bond acceptors (Lipinski definition) is 1. The monoisotopic (exact) mass is 288 g/mol. The highest BCUT2D eigenvalue weighted by molar-refractivity contribution is 5.85. The van der Waals surface area contributed by atoms with E-state index in [4.69, 9.17) is 0 Å². The third kappa shape index (κ3) is 2.94. The van der Waals surface area contributed by atoms with Crippen molar-refractivity contribution in [2.24, 2.45) is 0 Å². The fourth-order valence-corrected chi connectivity index (χ4v) is 3.16. The van der Waals surface area contributed by atoms with Crippen LogP contribution in [-0.2, 0) is 17.6 Å². The lowest BCUT2D eigenvalue weighted by molar-refractivity contribution is -0.122. The number of carbonyl (C=O) groups excluding carboxylic acids is 1. The summed E-state index contributed by atoms with van der Waals surface area (Å²) in [5.74, 6) is -0.0679. The molecule has 1 unspecified atom stereocenters.